The quantitative estimate of drug-likeness (QED) is 0.402. The molecule has 1 fully saturated rings. The van der Waals surface area contributed by atoms with E-state index >= 15 is 0 Å². The first-order valence-electron chi connectivity index (χ1n) is 13.5. The van der Waals surface area contributed by atoms with Crippen molar-refractivity contribution >= 4 is 29.4 Å². The largest absolute Gasteiger partial charge is 0.466 e. The first-order valence-corrected chi connectivity index (χ1v) is 13.5. The Labute approximate surface area is 233 Å². The van der Waals surface area contributed by atoms with E-state index in [4.69, 9.17) is 14.5 Å². The maximum Gasteiger partial charge on any atom is 0.410 e. The van der Waals surface area contributed by atoms with Crippen molar-refractivity contribution in [2.24, 2.45) is 7.05 Å². The molecule has 0 saturated carbocycles. The molecular formula is C27H38N8O5. The molecule has 40 heavy (non-hydrogen) atoms. The van der Waals surface area contributed by atoms with Gasteiger partial charge in [0.2, 0.25) is 5.91 Å². The molecule has 4 heterocycles. The molecule has 0 aliphatic carbocycles. The Balaban J connectivity index is 1.60. The number of hydrogen-bond donors (Lipinski definition) is 2. The first kappa shape index (κ1) is 28.8. The van der Waals surface area contributed by atoms with E-state index in [1.54, 1.807) is 49.3 Å². The molecule has 3 aromatic rings. The van der Waals surface area contributed by atoms with Crippen LogP contribution >= 0.6 is 0 Å². The molecule has 0 bridgehead atoms. The number of nitrogens with one attached hydrogen (secondary N) is 2. The van der Waals surface area contributed by atoms with Crippen LogP contribution in [0.5, 0.6) is 0 Å². The van der Waals surface area contributed by atoms with Crippen LogP contribution in [-0.4, -0.2) is 85.6 Å². The fourth-order valence-corrected chi connectivity index (χ4v) is 4.78. The number of ether oxygens (including phenoxy) is 2. The van der Waals surface area contributed by atoms with E-state index in [2.05, 4.69) is 20.8 Å². The van der Waals surface area contributed by atoms with E-state index in [0.717, 1.165) is 22.6 Å². The van der Waals surface area contributed by atoms with Gasteiger partial charge in [-0.05, 0) is 40.5 Å². The summed E-state index contributed by atoms with van der Waals surface area (Å²) >= 11 is 0. The average Bonchev–Trinajstić information content (AvgIpc) is 3.52. The number of rotatable bonds is 8. The van der Waals surface area contributed by atoms with Gasteiger partial charge in [0.25, 0.3) is 0 Å². The lowest BCUT2D eigenvalue weighted by Gasteiger charge is -2.39. The van der Waals surface area contributed by atoms with E-state index in [0.29, 0.717) is 18.5 Å². The highest BCUT2D eigenvalue weighted by Crippen LogP contribution is 2.33. The third-order valence-electron chi connectivity index (χ3n) is 6.63. The molecule has 0 radical (unpaired) electrons. The number of amides is 2. The van der Waals surface area contributed by atoms with Crippen LogP contribution in [0.15, 0.2) is 24.7 Å². The van der Waals surface area contributed by atoms with Crippen molar-refractivity contribution in [3.8, 4) is 11.1 Å². The summed E-state index contributed by atoms with van der Waals surface area (Å²) in [6.07, 6.45) is 5.94. The van der Waals surface area contributed by atoms with Crippen LogP contribution < -0.4 is 10.6 Å². The highest BCUT2D eigenvalue weighted by Gasteiger charge is 2.39. The minimum atomic E-state index is -0.735. The number of aromatic nitrogens is 5. The van der Waals surface area contributed by atoms with Gasteiger partial charge in [-0.1, -0.05) is 0 Å². The molecule has 0 spiro atoms. The zero-order valence-electron chi connectivity index (χ0n) is 23.9. The van der Waals surface area contributed by atoms with Gasteiger partial charge in [-0.25, -0.2) is 9.78 Å². The molecule has 1 aliphatic heterocycles. The van der Waals surface area contributed by atoms with Crippen molar-refractivity contribution in [3.05, 3.63) is 30.4 Å². The summed E-state index contributed by atoms with van der Waals surface area (Å²) in [5.41, 5.74) is 2.43. The van der Waals surface area contributed by atoms with Gasteiger partial charge in [-0.2, -0.15) is 14.7 Å². The van der Waals surface area contributed by atoms with Gasteiger partial charge in [0.15, 0.2) is 5.65 Å². The fourth-order valence-electron chi connectivity index (χ4n) is 4.78. The second-order valence-electron chi connectivity index (χ2n) is 10.8. The molecule has 1 aliphatic rings. The smallest absolute Gasteiger partial charge is 0.410 e. The van der Waals surface area contributed by atoms with Crippen LogP contribution in [0.1, 0.15) is 58.6 Å². The summed E-state index contributed by atoms with van der Waals surface area (Å²) in [4.78, 5) is 44.6. The summed E-state index contributed by atoms with van der Waals surface area (Å²) in [6, 6.07) is 1.19. The number of carbonyl (C=O) groups is 3. The van der Waals surface area contributed by atoms with Gasteiger partial charge in [0.1, 0.15) is 17.5 Å². The van der Waals surface area contributed by atoms with E-state index in [9.17, 15) is 14.4 Å². The molecular weight excluding hydrogens is 516 g/mol. The zero-order chi connectivity index (χ0) is 29.0. The summed E-state index contributed by atoms with van der Waals surface area (Å²) in [7, 11) is 3.66. The van der Waals surface area contributed by atoms with Gasteiger partial charge < -0.3 is 20.1 Å². The average molecular weight is 555 g/mol. The summed E-state index contributed by atoms with van der Waals surface area (Å²) < 4.78 is 14.1. The Kier molecular flexibility index (Phi) is 8.60. The topological polar surface area (TPSA) is 145 Å². The van der Waals surface area contributed by atoms with Gasteiger partial charge in [-0.15, -0.1) is 0 Å². The number of likely N-dealkylation sites (tertiary alicyclic amines) is 1. The van der Waals surface area contributed by atoms with Crippen LogP contribution in [0.2, 0.25) is 0 Å². The molecule has 1 saturated heterocycles. The molecule has 13 heteroatoms. The number of esters is 1. The van der Waals surface area contributed by atoms with E-state index in [1.165, 1.54) is 4.90 Å². The zero-order valence-corrected chi connectivity index (χ0v) is 23.9. The molecule has 0 unspecified atom stereocenters. The number of hydrogen-bond acceptors (Lipinski definition) is 9. The van der Waals surface area contributed by atoms with Crippen molar-refractivity contribution in [2.75, 3.05) is 32.1 Å². The van der Waals surface area contributed by atoms with Crippen molar-refractivity contribution in [3.63, 3.8) is 0 Å². The van der Waals surface area contributed by atoms with E-state index in [1.807, 2.05) is 26.4 Å². The van der Waals surface area contributed by atoms with E-state index in [-0.39, 0.29) is 43.9 Å². The fraction of sp³-hybridized carbons (Fsp3) is 0.556. The Morgan fingerprint density at radius 3 is 2.58 bits per heavy atom. The third-order valence-corrected chi connectivity index (χ3v) is 6.63. The lowest BCUT2D eigenvalue weighted by molar-refractivity contribution is -0.143. The second kappa shape index (κ2) is 11.9. The van der Waals surface area contributed by atoms with Crippen molar-refractivity contribution in [1.29, 1.82) is 0 Å². The van der Waals surface area contributed by atoms with Gasteiger partial charge in [-0.3, -0.25) is 19.2 Å². The Hall–Kier alpha value is -4.16. The third kappa shape index (κ3) is 6.52. The predicted molar refractivity (Wildman–Crippen MR) is 148 cm³/mol. The Morgan fingerprint density at radius 2 is 1.93 bits per heavy atom. The Morgan fingerprint density at radius 1 is 1.15 bits per heavy atom. The first-order chi connectivity index (χ1) is 19.0. The van der Waals surface area contributed by atoms with Gasteiger partial charge >= 0.3 is 12.1 Å². The van der Waals surface area contributed by atoms with E-state index < -0.39 is 17.7 Å². The lowest BCUT2D eigenvalue weighted by Crippen LogP contribution is -2.54. The SMILES string of the molecule is CCOC(=O)CCNC(=O)[C@@H]1CC[C@H](c2cc(NC)n3ncc(-c4cnn(C)c4)c3n2)CN1C(=O)OC(C)(C)C. The van der Waals surface area contributed by atoms with Crippen LogP contribution in [0.4, 0.5) is 10.6 Å². The number of fused-ring (bicyclic) bond motifs is 1. The minimum absolute atomic E-state index is 0.0582. The predicted octanol–water partition coefficient (Wildman–Crippen LogP) is 2.72. The maximum atomic E-state index is 13.3. The second-order valence-corrected chi connectivity index (χ2v) is 10.8. The minimum Gasteiger partial charge on any atom is -0.466 e. The molecule has 2 atom stereocenters. The number of carbonyl (C=O) groups excluding carboxylic acids is 3. The number of aryl methyl sites for hydroxylation is 1. The van der Waals surface area contributed by atoms with Crippen LogP contribution in [0.25, 0.3) is 16.8 Å². The van der Waals surface area contributed by atoms with Crippen molar-refractivity contribution in [2.45, 2.75) is 64.5 Å². The van der Waals surface area contributed by atoms with Gasteiger partial charge in [0.05, 0.1) is 31.1 Å². The molecule has 2 amide bonds. The molecule has 13 nitrogen and oxygen atoms in total. The summed E-state index contributed by atoms with van der Waals surface area (Å²) in [5, 5.41) is 14.8. The molecule has 216 valence electrons. The monoisotopic (exact) mass is 554 g/mol. The highest BCUT2D eigenvalue weighted by atomic mass is 16.6. The lowest BCUT2D eigenvalue weighted by atomic mass is 9.89. The maximum absolute atomic E-state index is 13.3. The molecule has 4 rings (SSSR count). The van der Waals surface area contributed by atoms with Crippen molar-refractivity contribution in [1.82, 2.24) is 34.6 Å². The standard InChI is InChI=1S/C27H38N8O5/c1-7-39-23(36)10-11-29-25(37)21-9-8-17(16-34(21)26(38)40-27(2,3)4)20-12-22(28-5)35-24(32-20)19(14-31-35)18-13-30-33(6)15-18/h12-15,17,21,28H,7-11,16H2,1-6H3,(H,29,37)/t17-,21-/m0/s1. The summed E-state index contributed by atoms with van der Waals surface area (Å²) in [6.45, 7) is 7.74. The van der Waals surface area contributed by atoms with Crippen LogP contribution in [-0.2, 0) is 26.1 Å². The number of nitrogens with zero attached hydrogens (tertiary/aromatic N) is 6. The van der Waals surface area contributed by atoms with Crippen molar-refractivity contribution < 1.29 is 23.9 Å². The van der Waals surface area contributed by atoms with Crippen LogP contribution in [0.3, 0.4) is 0 Å². The Bertz CT molecular complexity index is 1370. The molecule has 0 aromatic carbocycles. The molecule has 3 aromatic heterocycles. The highest BCUT2D eigenvalue weighted by molar-refractivity contribution is 5.86. The van der Waals surface area contributed by atoms with Crippen LogP contribution in [0, 0.1) is 0 Å². The number of piperidine rings is 1. The van der Waals surface area contributed by atoms with Gasteiger partial charge in [0, 0.05) is 56.5 Å². The number of anilines is 1. The molecule has 2 N–H and O–H groups in total. The normalized spacial score (nSPS) is 17.5. The summed E-state index contributed by atoms with van der Waals surface area (Å²) in [5.74, 6) is -0.118.